The van der Waals surface area contributed by atoms with Crippen molar-refractivity contribution in [2.24, 2.45) is 0 Å². The van der Waals surface area contributed by atoms with Crippen LogP contribution in [0.2, 0.25) is 0 Å². The van der Waals surface area contributed by atoms with Crippen molar-refractivity contribution >= 4 is 17.5 Å². The molecule has 0 aliphatic heterocycles. The lowest BCUT2D eigenvalue weighted by molar-refractivity contribution is -0.534. The van der Waals surface area contributed by atoms with E-state index in [0.717, 1.165) is 17.1 Å². The van der Waals surface area contributed by atoms with Crippen LogP contribution in [0.25, 0.3) is 17.0 Å². The standard InChI is InChI=1S/C18H21N4O.ClH/c1-13(23)22-15(14-9-6-5-7-10-14)16(20-18(2,3)4)21-12-8-11-19-17(21)22;/h5-12,20H,1-4H3;1H/q+1;/p-1. The zero-order chi connectivity index (χ0) is 16.6. The van der Waals surface area contributed by atoms with Crippen molar-refractivity contribution in [3.63, 3.8) is 0 Å². The molecule has 0 amide bonds. The van der Waals surface area contributed by atoms with Crippen molar-refractivity contribution < 1.29 is 21.8 Å². The first kappa shape index (κ1) is 17.9. The molecular formula is C18H21ClN4O. The van der Waals surface area contributed by atoms with Crippen molar-refractivity contribution in [2.45, 2.75) is 33.2 Å². The fourth-order valence-corrected chi connectivity index (χ4v) is 2.66. The number of carbonyl (C=O) groups is 1. The second-order valence-electron chi connectivity index (χ2n) is 6.58. The van der Waals surface area contributed by atoms with Gasteiger partial charge in [-0.2, -0.15) is 8.97 Å². The molecule has 6 heteroatoms. The van der Waals surface area contributed by atoms with Crippen LogP contribution in [0.1, 0.15) is 32.5 Å². The lowest BCUT2D eigenvalue weighted by Crippen LogP contribution is -3.00. The number of halogens is 1. The van der Waals surface area contributed by atoms with Gasteiger partial charge in [0.2, 0.25) is 5.82 Å². The molecule has 1 aromatic carbocycles. The van der Waals surface area contributed by atoms with Gasteiger partial charge in [0.25, 0.3) is 5.91 Å². The van der Waals surface area contributed by atoms with Crippen LogP contribution < -0.4 is 22.3 Å². The highest BCUT2D eigenvalue weighted by Crippen LogP contribution is 2.28. The average Bonchev–Trinajstić information content (AvgIpc) is 2.81. The summed E-state index contributed by atoms with van der Waals surface area (Å²) in [6.07, 6.45) is 3.62. The molecule has 0 saturated heterocycles. The van der Waals surface area contributed by atoms with Gasteiger partial charge in [-0.15, -0.1) is 0 Å². The van der Waals surface area contributed by atoms with Crippen LogP contribution in [0, 0.1) is 0 Å². The van der Waals surface area contributed by atoms with Crippen molar-refractivity contribution in [1.29, 1.82) is 0 Å². The summed E-state index contributed by atoms with van der Waals surface area (Å²) in [6.45, 7) is 7.84. The van der Waals surface area contributed by atoms with Crippen molar-refractivity contribution in [2.75, 3.05) is 5.32 Å². The Kier molecular flexibility index (Phi) is 4.94. The van der Waals surface area contributed by atoms with Gasteiger partial charge < -0.3 is 17.7 Å². The first-order valence-corrected chi connectivity index (χ1v) is 7.64. The Balaban J connectivity index is 0.00000208. The molecule has 24 heavy (non-hydrogen) atoms. The van der Waals surface area contributed by atoms with E-state index >= 15 is 0 Å². The molecule has 5 nitrogen and oxygen atoms in total. The maximum absolute atomic E-state index is 12.3. The van der Waals surface area contributed by atoms with Gasteiger partial charge >= 0.3 is 5.78 Å². The molecule has 3 rings (SSSR count). The Bertz CT molecular complexity index is 866. The van der Waals surface area contributed by atoms with E-state index in [-0.39, 0.29) is 23.9 Å². The maximum Gasteiger partial charge on any atom is 0.412 e. The van der Waals surface area contributed by atoms with Crippen molar-refractivity contribution in [3.8, 4) is 11.3 Å². The Morgan fingerprint density at radius 3 is 2.42 bits per heavy atom. The molecule has 1 N–H and O–H groups in total. The van der Waals surface area contributed by atoms with Gasteiger partial charge in [-0.05, 0) is 20.8 Å². The van der Waals surface area contributed by atoms with Crippen molar-refractivity contribution in [3.05, 3.63) is 48.8 Å². The molecule has 3 aromatic rings. The number of carbonyl (C=O) groups excluding carboxylic acids is 1. The van der Waals surface area contributed by atoms with Gasteiger partial charge in [-0.3, -0.25) is 4.79 Å². The average molecular weight is 345 g/mol. The van der Waals surface area contributed by atoms with Gasteiger partial charge in [-0.25, -0.2) is 0 Å². The van der Waals surface area contributed by atoms with Gasteiger partial charge in [0.1, 0.15) is 6.20 Å². The number of rotatable bonds is 2. The van der Waals surface area contributed by atoms with Crippen LogP contribution in [0.5, 0.6) is 0 Å². The van der Waals surface area contributed by atoms with Gasteiger partial charge in [-0.1, -0.05) is 35.3 Å². The summed E-state index contributed by atoms with van der Waals surface area (Å²) in [5, 5.41) is 3.52. The van der Waals surface area contributed by atoms with E-state index in [1.165, 1.54) is 0 Å². The number of hydrogen-bond donors (Lipinski definition) is 1. The number of benzene rings is 1. The molecule has 126 valence electrons. The molecular weight excluding hydrogens is 324 g/mol. The summed E-state index contributed by atoms with van der Waals surface area (Å²) in [5.74, 6) is 1.40. The molecule has 0 saturated carbocycles. The second kappa shape index (κ2) is 6.61. The largest absolute Gasteiger partial charge is 1.00 e. The highest BCUT2D eigenvalue weighted by atomic mass is 35.5. The van der Waals surface area contributed by atoms with E-state index in [4.69, 9.17) is 0 Å². The maximum atomic E-state index is 12.3. The predicted molar refractivity (Wildman–Crippen MR) is 90.5 cm³/mol. The van der Waals surface area contributed by atoms with Gasteiger partial charge in [0.15, 0.2) is 5.69 Å². The third-order valence-electron chi connectivity index (χ3n) is 3.47. The highest BCUT2D eigenvalue weighted by molar-refractivity contribution is 5.78. The van der Waals surface area contributed by atoms with E-state index < -0.39 is 0 Å². The second-order valence-corrected chi connectivity index (χ2v) is 6.58. The van der Waals surface area contributed by atoms with E-state index in [1.807, 2.05) is 47.0 Å². The third kappa shape index (κ3) is 3.26. The number of nitrogens with zero attached hydrogens (tertiary/aromatic N) is 3. The normalized spacial score (nSPS) is 11.2. The quantitative estimate of drug-likeness (QED) is 0.674. The minimum absolute atomic E-state index is 0. The summed E-state index contributed by atoms with van der Waals surface area (Å²) < 4.78 is 3.58. The SMILES string of the molecule is CC(=O)[n+]1c(-c2ccccc2)c(NC(C)(C)C)n2cccnc21.[Cl-]. The molecule has 0 radical (unpaired) electrons. The van der Waals surface area contributed by atoms with Gasteiger partial charge in [0, 0.05) is 24.1 Å². The first-order valence-electron chi connectivity index (χ1n) is 7.64. The molecule has 0 atom stereocenters. The summed E-state index contributed by atoms with van der Waals surface area (Å²) in [6, 6.07) is 11.8. The monoisotopic (exact) mass is 344 g/mol. The molecule has 2 aromatic heterocycles. The van der Waals surface area contributed by atoms with E-state index in [9.17, 15) is 4.79 Å². The lowest BCUT2D eigenvalue weighted by Gasteiger charge is -2.20. The number of nitrogens with one attached hydrogen (secondary N) is 1. The minimum Gasteiger partial charge on any atom is -1.00 e. The summed E-state index contributed by atoms with van der Waals surface area (Å²) in [7, 11) is 0. The molecule has 0 spiro atoms. The summed E-state index contributed by atoms with van der Waals surface area (Å²) in [4.78, 5) is 16.7. The molecule has 0 fully saturated rings. The third-order valence-corrected chi connectivity index (χ3v) is 3.47. The van der Waals surface area contributed by atoms with E-state index in [2.05, 4.69) is 31.1 Å². The summed E-state index contributed by atoms with van der Waals surface area (Å²) >= 11 is 0. The summed E-state index contributed by atoms with van der Waals surface area (Å²) in [5.41, 5.74) is 1.65. The smallest absolute Gasteiger partial charge is 0.412 e. The number of anilines is 1. The molecule has 0 unspecified atom stereocenters. The molecule has 0 bridgehead atoms. The predicted octanol–water partition coefficient (Wildman–Crippen LogP) is 0.163. The van der Waals surface area contributed by atoms with Crippen molar-refractivity contribution in [1.82, 2.24) is 9.38 Å². The first-order chi connectivity index (χ1) is 10.9. The Morgan fingerprint density at radius 1 is 1.17 bits per heavy atom. The fraction of sp³-hybridized carbons (Fsp3) is 0.278. The Hall–Kier alpha value is -2.40. The minimum atomic E-state index is -0.151. The zero-order valence-corrected chi connectivity index (χ0v) is 15.0. The zero-order valence-electron chi connectivity index (χ0n) is 14.2. The molecule has 0 aliphatic rings. The topological polar surface area (TPSA) is 50.3 Å². The molecule has 0 aliphatic carbocycles. The lowest BCUT2D eigenvalue weighted by atomic mass is 10.1. The van der Waals surface area contributed by atoms with Gasteiger partial charge in [0.05, 0.1) is 6.20 Å². The van der Waals surface area contributed by atoms with Crippen LogP contribution in [0.3, 0.4) is 0 Å². The van der Waals surface area contributed by atoms with Crippen LogP contribution in [-0.2, 0) is 0 Å². The van der Waals surface area contributed by atoms with Crippen LogP contribution in [0.15, 0.2) is 48.8 Å². The van der Waals surface area contributed by atoms with Crippen LogP contribution >= 0.6 is 0 Å². The highest BCUT2D eigenvalue weighted by Gasteiger charge is 2.30. The van der Waals surface area contributed by atoms with Crippen LogP contribution in [0.4, 0.5) is 5.82 Å². The Morgan fingerprint density at radius 2 is 1.83 bits per heavy atom. The van der Waals surface area contributed by atoms with Crippen LogP contribution in [-0.4, -0.2) is 20.8 Å². The number of aromatic nitrogens is 3. The number of fused-ring (bicyclic) bond motifs is 1. The Labute approximate surface area is 147 Å². The number of imidazole rings is 1. The number of hydrogen-bond acceptors (Lipinski definition) is 3. The fourth-order valence-electron chi connectivity index (χ4n) is 2.66. The molecule has 2 heterocycles. The van der Waals surface area contributed by atoms with E-state index in [1.54, 1.807) is 17.7 Å². The van der Waals surface area contributed by atoms with E-state index in [0.29, 0.717) is 5.78 Å².